The van der Waals surface area contributed by atoms with Crippen LogP contribution in [-0.2, 0) is 0 Å². The Kier molecular flexibility index (Phi) is 4.32. The van der Waals surface area contributed by atoms with Crippen molar-refractivity contribution in [1.29, 1.82) is 0 Å². The van der Waals surface area contributed by atoms with Crippen LogP contribution in [0.25, 0.3) is 0 Å². The van der Waals surface area contributed by atoms with Gasteiger partial charge in [-0.3, -0.25) is 4.79 Å². The Balaban J connectivity index is 3.13. The largest absolute Gasteiger partial charge is 0.349 e. The van der Waals surface area contributed by atoms with Crippen LogP contribution in [0.1, 0.15) is 31.1 Å². The van der Waals surface area contributed by atoms with E-state index < -0.39 is 34.7 Å². The van der Waals surface area contributed by atoms with E-state index in [1.54, 1.807) is 20.8 Å². The Morgan fingerprint density at radius 1 is 1.06 bits per heavy atom. The first-order valence-electron chi connectivity index (χ1n) is 5.39. The number of hydrogen-bond acceptors (Lipinski definition) is 1. The van der Waals surface area contributed by atoms with Crippen LogP contribution < -0.4 is 5.32 Å². The maximum Gasteiger partial charge on any atom is 0.257 e. The van der Waals surface area contributed by atoms with E-state index in [0.29, 0.717) is 0 Å². The van der Waals surface area contributed by atoms with Gasteiger partial charge in [0.15, 0.2) is 23.3 Å². The molecule has 0 aliphatic carbocycles. The maximum atomic E-state index is 13.3. The van der Waals surface area contributed by atoms with Crippen molar-refractivity contribution in [2.24, 2.45) is 5.92 Å². The third kappa shape index (κ3) is 2.80. The van der Waals surface area contributed by atoms with Crippen LogP contribution in [0, 0.1) is 29.2 Å². The molecule has 18 heavy (non-hydrogen) atoms. The predicted octanol–water partition coefficient (Wildman–Crippen LogP) is 3.02. The first-order valence-corrected chi connectivity index (χ1v) is 5.39. The molecule has 1 N–H and O–H groups in total. The molecule has 0 saturated heterocycles. The van der Waals surface area contributed by atoms with Gasteiger partial charge in [0, 0.05) is 12.1 Å². The molecule has 0 fully saturated rings. The predicted molar refractivity (Wildman–Crippen MR) is 58.0 cm³/mol. The second-order valence-corrected chi connectivity index (χ2v) is 4.35. The second kappa shape index (κ2) is 5.37. The number of amides is 1. The van der Waals surface area contributed by atoms with Crippen LogP contribution in [0.3, 0.4) is 0 Å². The van der Waals surface area contributed by atoms with Gasteiger partial charge in [0.05, 0.1) is 0 Å². The van der Waals surface area contributed by atoms with Gasteiger partial charge in [-0.05, 0) is 12.8 Å². The van der Waals surface area contributed by atoms with Crippen molar-refractivity contribution >= 4 is 5.91 Å². The van der Waals surface area contributed by atoms with Gasteiger partial charge in [-0.2, -0.15) is 0 Å². The molecule has 1 aromatic rings. The summed E-state index contributed by atoms with van der Waals surface area (Å²) in [5.74, 6) is -7.75. The van der Waals surface area contributed by atoms with Gasteiger partial charge in [-0.25, -0.2) is 17.6 Å². The summed E-state index contributed by atoms with van der Waals surface area (Å²) in [6, 6.07) is -0.324. The zero-order valence-electron chi connectivity index (χ0n) is 10.2. The highest BCUT2D eigenvalue weighted by atomic mass is 19.2. The molecule has 100 valence electrons. The first kappa shape index (κ1) is 14.5. The Hall–Kier alpha value is -1.59. The Morgan fingerprint density at radius 3 is 1.89 bits per heavy atom. The van der Waals surface area contributed by atoms with Gasteiger partial charge in [0.1, 0.15) is 5.56 Å². The van der Waals surface area contributed by atoms with Gasteiger partial charge in [-0.1, -0.05) is 13.8 Å². The summed E-state index contributed by atoms with van der Waals surface area (Å²) in [5.41, 5.74) is -1.24. The van der Waals surface area contributed by atoms with Crippen LogP contribution in [0.4, 0.5) is 17.6 Å². The van der Waals surface area contributed by atoms with Gasteiger partial charge in [0.2, 0.25) is 0 Å². The third-order valence-corrected chi connectivity index (χ3v) is 2.70. The lowest BCUT2D eigenvalue weighted by Crippen LogP contribution is -2.37. The minimum Gasteiger partial charge on any atom is -0.349 e. The molecule has 0 aromatic heterocycles. The van der Waals surface area contributed by atoms with Gasteiger partial charge in [-0.15, -0.1) is 0 Å². The molecule has 6 heteroatoms. The van der Waals surface area contributed by atoms with E-state index in [-0.39, 0.29) is 18.0 Å². The molecule has 0 heterocycles. The normalized spacial score (nSPS) is 12.7. The summed E-state index contributed by atoms with van der Waals surface area (Å²) in [6.07, 6.45) is 0. The maximum absolute atomic E-state index is 13.3. The van der Waals surface area contributed by atoms with Crippen molar-refractivity contribution in [2.75, 3.05) is 0 Å². The topological polar surface area (TPSA) is 29.1 Å². The smallest absolute Gasteiger partial charge is 0.257 e. The first-order chi connectivity index (χ1) is 8.25. The molecule has 2 nitrogen and oxygen atoms in total. The third-order valence-electron chi connectivity index (χ3n) is 2.70. The standard InChI is InChI=1S/C12H13F4NO/c1-5(2)6(3)17-12(18)9-10(15)7(13)4-8(14)11(9)16/h4-6H,1-3H3,(H,17,18). The number of carbonyl (C=O) groups excluding carboxylic acids is 1. The van der Waals surface area contributed by atoms with Crippen molar-refractivity contribution in [1.82, 2.24) is 5.32 Å². The summed E-state index contributed by atoms with van der Waals surface area (Å²) in [6.45, 7) is 5.18. The van der Waals surface area contributed by atoms with Crippen LogP contribution in [0.2, 0.25) is 0 Å². The van der Waals surface area contributed by atoms with E-state index in [2.05, 4.69) is 5.32 Å². The van der Waals surface area contributed by atoms with Crippen LogP contribution >= 0.6 is 0 Å². The molecule has 1 rings (SSSR count). The zero-order valence-corrected chi connectivity index (χ0v) is 10.2. The molecular weight excluding hydrogens is 250 g/mol. The average molecular weight is 263 g/mol. The van der Waals surface area contributed by atoms with Crippen LogP contribution in [0.15, 0.2) is 6.07 Å². The fourth-order valence-electron chi connectivity index (χ4n) is 1.22. The number of hydrogen-bond donors (Lipinski definition) is 1. The molecule has 0 aliphatic heterocycles. The van der Waals surface area contributed by atoms with Crippen molar-refractivity contribution in [3.8, 4) is 0 Å². The molecule has 1 amide bonds. The highest BCUT2D eigenvalue weighted by molar-refractivity contribution is 5.95. The number of rotatable bonds is 3. The lowest BCUT2D eigenvalue weighted by molar-refractivity contribution is 0.0919. The summed E-state index contributed by atoms with van der Waals surface area (Å²) in [7, 11) is 0. The van der Waals surface area contributed by atoms with Crippen molar-refractivity contribution in [3.05, 3.63) is 34.9 Å². The molecule has 0 aliphatic rings. The summed E-state index contributed by atoms with van der Waals surface area (Å²) in [5, 5.41) is 2.28. The van der Waals surface area contributed by atoms with E-state index in [9.17, 15) is 22.4 Å². The molecular formula is C12H13F4NO. The van der Waals surface area contributed by atoms with Crippen molar-refractivity contribution in [3.63, 3.8) is 0 Å². The Bertz CT molecular complexity index is 447. The number of nitrogens with one attached hydrogen (secondary N) is 1. The van der Waals surface area contributed by atoms with Gasteiger partial charge < -0.3 is 5.32 Å². The highest BCUT2D eigenvalue weighted by Crippen LogP contribution is 2.19. The summed E-state index contributed by atoms with van der Waals surface area (Å²) < 4.78 is 52.4. The second-order valence-electron chi connectivity index (χ2n) is 4.35. The fourth-order valence-corrected chi connectivity index (χ4v) is 1.22. The molecule has 1 unspecified atom stereocenters. The zero-order chi connectivity index (χ0) is 14.0. The monoisotopic (exact) mass is 263 g/mol. The Morgan fingerprint density at radius 2 is 1.50 bits per heavy atom. The Labute approximate surface area is 102 Å². The number of benzene rings is 1. The van der Waals surface area contributed by atoms with Crippen molar-refractivity contribution < 1.29 is 22.4 Å². The number of halogens is 4. The summed E-state index contributed by atoms with van der Waals surface area (Å²) >= 11 is 0. The highest BCUT2D eigenvalue weighted by Gasteiger charge is 2.25. The quantitative estimate of drug-likeness (QED) is 0.659. The number of carbonyl (C=O) groups is 1. The molecule has 0 radical (unpaired) electrons. The summed E-state index contributed by atoms with van der Waals surface area (Å²) in [4.78, 5) is 11.6. The average Bonchev–Trinajstić information content (AvgIpc) is 2.26. The molecule has 1 aromatic carbocycles. The van der Waals surface area contributed by atoms with E-state index in [0.717, 1.165) is 0 Å². The van der Waals surface area contributed by atoms with Gasteiger partial charge >= 0.3 is 0 Å². The van der Waals surface area contributed by atoms with Crippen LogP contribution in [0.5, 0.6) is 0 Å². The van der Waals surface area contributed by atoms with E-state index in [4.69, 9.17) is 0 Å². The molecule has 1 atom stereocenters. The lowest BCUT2D eigenvalue weighted by atomic mass is 10.1. The molecule has 0 spiro atoms. The van der Waals surface area contributed by atoms with Crippen molar-refractivity contribution in [2.45, 2.75) is 26.8 Å². The lowest BCUT2D eigenvalue weighted by Gasteiger charge is -2.18. The molecule has 0 bridgehead atoms. The van der Waals surface area contributed by atoms with E-state index in [1.165, 1.54) is 0 Å². The fraction of sp³-hybridized carbons (Fsp3) is 0.417. The van der Waals surface area contributed by atoms with Crippen LogP contribution in [-0.4, -0.2) is 11.9 Å². The minimum absolute atomic E-state index is 0.0125. The van der Waals surface area contributed by atoms with E-state index >= 15 is 0 Å². The minimum atomic E-state index is -1.69. The SMILES string of the molecule is CC(C)C(C)NC(=O)c1c(F)c(F)cc(F)c1F. The molecule has 0 saturated carbocycles. The van der Waals surface area contributed by atoms with E-state index in [1.807, 2.05) is 0 Å². The van der Waals surface area contributed by atoms with Gasteiger partial charge in [0.25, 0.3) is 5.91 Å².